The van der Waals surface area contributed by atoms with Crippen LogP contribution < -0.4 is 5.32 Å². The van der Waals surface area contributed by atoms with Crippen LogP contribution in [0, 0.1) is 0 Å². The van der Waals surface area contributed by atoms with Crippen molar-refractivity contribution in [3.63, 3.8) is 0 Å². The molecule has 0 bridgehead atoms. The number of nitrogens with zero attached hydrogens (tertiary/aromatic N) is 3. The average Bonchev–Trinajstić information content (AvgIpc) is 3.04. The monoisotopic (exact) mass is 386 g/mol. The molecule has 0 radical (unpaired) electrons. The van der Waals surface area contributed by atoms with Crippen molar-refractivity contribution < 1.29 is 9.53 Å². The van der Waals surface area contributed by atoms with Gasteiger partial charge in [0.1, 0.15) is 11.3 Å². The number of aryl methyl sites for hydroxylation is 1. The van der Waals surface area contributed by atoms with Crippen LogP contribution in [0.25, 0.3) is 11.2 Å². The van der Waals surface area contributed by atoms with Crippen LogP contribution in [0.4, 0.5) is 0 Å². The molecule has 0 aliphatic heterocycles. The van der Waals surface area contributed by atoms with Gasteiger partial charge in [0.05, 0.1) is 6.61 Å². The molecule has 1 amide bonds. The van der Waals surface area contributed by atoms with E-state index in [1.165, 1.54) is 0 Å². The number of carbonyl (C=O) groups is 1. The molecule has 0 fully saturated rings. The van der Waals surface area contributed by atoms with Crippen LogP contribution in [-0.4, -0.2) is 40.7 Å². The fourth-order valence-electron chi connectivity index (χ4n) is 2.92. The second-order valence-electron chi connectivity index (χ2n) is 6.25. The SMILES string of the molecule is COCCn1c(CCC(=O)NCCc2ccc(Cl)cc2)nc2cccnc21. The van der Waals surface area contributed by atoms with E-state index in [2.05, 4.69) is 15.3 Å². The Hall–Kier alpha value is -2.44. The molecule has 2 aromatic heterocycles. The van der Waals surface area contributed by atoms with E-state index in [0.29, 0.717) is 37.6 Å². The van der Waals surface area contributed by atoms with E-state index in [1.54, 1.807) is 13.3 Å². The number of benzene rings is 1. The number of aromatic nitrogens is 3. The summed E-state index contributed by atoms with van der Waals surface area (Å²) in [5, 5.41) is 3.68. The van der Waals surface area contributed by atoms with Crippen LogP contribution in [-0.2, 0) is 28.9 Å². The number of imidazole rings is 1. The number of hydrogen-bond acceptors (Lipinski definition) is 4. The fourth-order valence-corrected chi connectivity index (χ4v) is 3.05. The first-order valence-corrected chi connectivity index (χ1v) is 9.35. The summed E-state index contributed by atoms with van der Waals surface area (Å²) in [6.45, 7) is 1.84. The molecule has 1 N–H and O–H groups in total. The van der Waals surface area contributed by atoms with E-state index in [4.69, 9.17) is 16.3 Å². The largest absolute Gasteiger partial charge is 0.383 e. The number of fused-ring (bicyclic) bond motifs is 1. The standard InChI is InChI=1S/C20H23ClN4O2/c1-27-14-13-25-18(24-17-3-2-11-23-20(17)25)8-9-19(26)22-12-10-15-4-6-16(21)7-5-15/h2-7,11H,8-10,12-14H2,1H3,(H,22,26). The molecule has 142 valence electrons. The molecule has 0 atom stereocenters. The second kappa shape index (κ2) is 9.48. The van der Waals surface area contributed by atoms with Crippen molar-refractivity contribution in [3.05, 3.63) is 59.0 Å². The Morgan fingerprint density at radius 2 is 2.04 bits per heavy atom. The highest BCUT2D eigenvalue weighted by Gasteiger charge is 2.13. The van der Waals surface area contributed by atoms with Gasteiger partial charge in [-0.3, -0.25) is 4.79 Å². The summed E-state index contributed by atoms with van der Waals surface area (Å²) in [6, 6.07) is 11.5. The number of halogens is 1. The Balaban J connectivity index is 1.54. The maximum Gasteiger partial charge on any atom is 0.220 e. The van der Waals surface area contributed by atoms with Gasteiger partial charge in [-0.25, -0.2) is 9.97 Å². The smallest absolute Gasteiger partial charge is 0.220 e. The van der Waals surface area contributed by atoms with Crippen molar-refractivity contribution in [3.8, 4) is 0 Å². The Labute approximate surface area is 163 Å². The minimum absolute atomic E-state index is 0.0160. The van der Waals surface area contributed by atoms with E-state index >= 15 is 0 Å². The van der Waals surface area contributed by atoms with Gasteiger partial charge in [-0.1, -0.05) is 23.7 Å². The summed E-state index contributed by atoms with van der Waals surface area (Å²) in [5.41, 5.74) is 2.81. The van der Waals surface area contributed by atoms with Crippen molar-refractivity contribution in [1.82, 2.24) is 19.9 Å². The van der Waals surface area contributed by atoms with Crippen LogP contribution in [0.1, 0.15) is 17.8 Å². The van der Waals surface area contributed by atoms with Gasteiger partial charge >= 0.3 is 0 Å². The van der Waals surface area contributed by atoms with Crippen LogP contribution in [0.15, 0.2) is 42.6 Å². The lowest BCUT2D eigenvalue weighted by atomic mass is 10.1. The Bertz CT molecular complexity index is 893. The quantitative estimate of drug-likeness (QED) is 0.613. The highest BCUT2D eigenvalue weighted by molar-refractivity contribution is 6.30. The molecule has 3 rings (SSSR count). The third-order valence-corrected chi connectivity index (χ3v) is 4.58. The predicted octanol–water partition coefficient (Wildman–Crippen LogP) is 3.02. The third-order valence-electron chi connectivity index (χ3n) is 4.33. The molecule has 0 aliphatic rings. The summed E-state index contributed by atoms with van der Waals surface area (Å²) in [7, 11) is 1.67. The zero-order valence-electron chi connectivity index (χ0n) is 15.3. The van der Waals surface area contributed by atoms with Gasteiger partial charge in [-0.15, -0.1) is 0 Å². The average molecular weight is 387 g/mol. The van der Waals surface area contributed by atoms with Gasteiger partial charge < -0.3 is 14.6 Å². The van der Waals surface area contributed by atoms with E-state index in [1.807, 2.05) is 41.0 Å². The summed E-state index contributed by atoms with van der Waals surface area (Å²) in [5.74, 6) is 0.871. The van der Waals surface area contributed by atoms with Gasteiger partial charge in [-0.2, -0.15) is 0 Å². The molecule has 0 saturated carbocycles. The van der Waals surface area contributed by atoms with Crippen LogP contribution in [0.5, 0.6) is 0 Å². The molecule has 0 spiro atoms. The summed E-state index contributed by atoms with van der Waals surface area (Å²) >= 11 is 5.88. The highest BCUT2D eigenvalue weighted by atomic mass is 35.5. The van der Waals surface area contributed by atoms with E-state index < -0.39 is 0 Å². The molecule has 0 aliphatic carbocycles. The van der Waals surface area contributed by atoms with Gasteiger partial charge in [-0.05, 0) is 36.2 Å². The summed E-state index contributed by atoms with van der Waals surface area (Å²) in [6.07, 6.45) is 3.48. The molecule has 1 aromatic carbocycles. The first-order chi connectivity index (χ1) is 13.2. The van der Waals surface area contributed by atoms with E-state index in [9.17, 15) is 4.79 Å². The van der Waals surface area contributed by atoms with Gasteiger partial charge in [0.2, 0.25) is 5.91 Å². The number of hydrogen-bond donors (Lipinski definition) is 1. The number of methoxy groups -OCH3 is 1. The van der Waals surface area contributed by atoms with Crippen molar-refractivity contribution >= 4 is 28.7 Å². The molecule has 0 saturated heterocycles. The lowest BCUT2D eigenvalue weighted by Crippen LogP contribution is -2.26. The number of carbonyl (C=O) groups excluding carboxylic acids is 1. The topological polar surface area (TPSA) is 69.0 Å². The van der Waals surface area contributed by atoms with Crippen molar-refractivity contribution in [1.29, 1.82) is 0 Å². The molecule has 27 heavy (non-hydrogen) atoms. The molecule has 0 unspecified atom stereocenters. The number of amides is 1. The number of rotatable bonds is 9. The lowest BCUT2D eigenvalue weighted by Gasteiger charge is -2.08. The van der Waals surface area contributed by atoms with Gasteiger partial charge in [0, 0.05) is 44.3 Å². The molecule has 6 nitrogen and oxygen atoms in total. The molecular weight excluding hydrogens is 364 g/mol. The Kier molecular flexibility index (Phi) is 6.79. The van der Waals surface area contributed by atoms with Crippen molar-refractivity contribution in [2.45, 2.75) is 25.8 Å². The Morgan fingerprint density at radius 1 is 1.22 bits per heavy atom. The van der Waals surface area contributed by atoms with Crippen molar-refractivity contribution in [2.24, 2.45) is 0 Å². The van der Waals surface area contributed by atoms with Crippen LogP contribution in [0.3, 0.4) is 0 Å². The van der Waals surface area contributed by atoms with Crippen LogP contribution in [0.2, 0.25) is 5.02 Å². The van der Waals surface area contributed by atoms with Crippen molar-refractivity contribution in [2.75, 3.05) is 20.3 Å². The number of pyridine rings is 1. The maximum absolute atomic E-state index is 12.2. The summed E-state index contributed by atoms with van der Waals surface area (Å²) < 4.78 is 7.21. The zero-order valence-corrected chi connectivity index (χ0v) is 16.1. The van der Waals surface area contributed by atoms with Gasteiger partial charge in [0.25, 0.3) is 0 Å². The maximum atomic E-state index is 12.2. The molecule has 3 aromatic rings. The van der Waals surface area contributed by atoms with E-state index in [-0.39, 0.29) is 5.91 Å². The summed E-state index contributed by atoms with van der Waals surface area (Å²) in [4.78, 5) is 21.2. The lowest BCUT2D eigenvalue weighted by molar-refractivity contribution is -0.121. The minimum atomic E-state index is 0.0160. The molecule has 7 heteroatoms. The Morgan fingerprint density at radius 3 is 2.81 bits per heavy atom. The normalized spacial score (nSPS) is 11.0. The highest BCUT2D eigenvalue weighted by Crippen LogP contribution is 2.15. The second-order valence-corrected chi connectivity index (χ2v) is 6.68. The molecular formula is C20H23ClN4O2. The van der Waals surface area contributed by atoms with Gasteiger partial charge in [0.15, 0.2) is 5.65 Å². The third kappa shape index (κ3) is 5.28. The molecule has 2 heterocycles. The first-order valence-electron chi connectivity index (χ1n) is 8.97. The number of nitrogens with one attached hydrogen (secondary N) is 1. The van der Waals surface area contributed by atoms with E-state index in [0.717, 1.165) is 29.0 Å². The number of ether oxygens (including phenoxy) is 1. The zero-order chi connectivity index (χ0) is 19.1. The predicted molar refractivity (Wildman–Crippen MR) is 106 cm³/mol. The van der Waals surface area contributed by atoms with Crippen LogP contribution >= 0.6 is 11.6 Å². The minimum Gasteiger partial charge on any atom is -0.383 e. The fraction of sp³-hybridized carbons (Fsp3) is 0.350. The first kappa shape index (κ1) is 19.3.